The quantitative estimate of drug-likeness (QED) is 0.673. The summed E-state index contributed by atoms with van der Waals surface area (Å²) >= 11 is 0. The molecule has 1 atom stereocenters. The molecule has 0 aromatic heterocycles. The zero-order valence-corrected chi connectivity index (χ0v) is 11.2. The van der Waals surface area contributed by atoms with Gasteiger partial charge in [-0.2, -0.15) is 0 Å². The van der Waals surface area contributed by atoms with Gasteiger partial charge in [0.25, 0.3) is 0 Å². The normalized spacial score (nSPS) is 20.1. The van der Waals surface area contributed by atoms with Gasteiger partial charge in [0.2, 0.25) is 0 Å². The zero-order valence-electron chi connectivity index (χ0n) is 10.4. The van der Waals surface area contributed by atoms with Crippen molar-refractivity contribution in [1.82, 2.24) is 5.32 Å². The van der Waals surface area contributed by atoms with Crippen molar-refractivity contribution in [1.29, 1.82) is 0 Å². The molecule has 0 radical (unpaired) electrons. The first-order valence-corrected chi connectivity index (χ1v) is 5.48. The van der Waals surface area contributed by atoms with E-state index in [0.717, 1.165) is 0 Å². The molecule has 1 fully saturated rings. The smallest absolute Gasteiger partial charge is 0.408 e. The first-order chi connectivity index (χ1) is 8.88. The highest BCUT2D eigenvalue weighted by Gasteiger charge is 2.46. The monoisotopic (exact) mass is 307 g/mol. The van der Waals surface area contributed by atoms with Crippen LogP contribution in [0, 0.1) is 0 Å². The van der Waals surface area contributed by atoms with Crippen LogP contribution >= 0.6 is 12.4 Å². The predicted octanol–water partition coefficient (Wildman–Crippen LogP) is 2.45. The molecule has 1 heterocycles. The van der Waals surface area contributed by atoms with Crippen LogP contribution in [-0.2, 0) is 9.53 Å². The number of esters is 1. The van der Waals surface area contributed by atoms with E-state index in [-0.39, 0.29) is 23.7 Å². The van der Waals surface area contributed by atoms with Crippen molar-refractivity contribution in [3.63, 3.8) is 0 Å². The van der Waals surface area contributed by atoms with Crippen molar-refractivity contribution in [2.75, 3.05) is 6.61 Å². The number of hydrogen-bond acceptors (Lipinski definition) is 4. The molecule has 0 aliphatic carbocycles. The van der Waals surface area contributed by atoms with Crippen molar-refractivity contribution in [2.24, 2.45) is 0 Å². The van der Waals surface area contributed by atoms with Gasteiger partial charge in [0.15, 0.2) is 6.61 Å². The van der Waals surface area contributed by atoms with E-state index in [9.17, 15) is 18.4 Å². The fourth-order valence-electron chi connectivity index (χ4n) is 1.76. The topological polar surface area (TPSA) is 64.6 Å². The third kappa shape index (κ3) is 3.57. The fourth-order valence-corrected chi connectivity index (χ4v) is 1.76. The summed E-state index contributed by atoms with van der Waals surface area (Å²) < 4.78 is 36.4. The Morgan fingerprint density at radius 1 is 1.50 bits per heavy atom. The van der Waals surface area contributed by atoms with Gasteiger partial charge in [-0.15, -0.1) is 12.4 Å². The zero-order chi connectivity index (χ0) is 14.0. The van der Waals surface area contributed by atoms with Gasteiger partial charge < -0.3 is 14.8 Å². The Balaban J connectivity index is 0.00000200. The van der Waals surface area contributed by atoms with Gasteiger partial charge in [-0.05, 0) is 17.7 Å². The average molecular weight is 308 g/mol. The largest absolute Gasteiger partial charge is 0.443 e. The van der Waals surface area contributed by atoms with Crippen LogP contribution in [0.2, 0.25) is 0 Å². The van der Waals surface area contributed by atoms with E-state index in [1.54, 1.807) is 0 Å². The average Bonchev–Trinajstić information content (AvgIpc) is 2.32. The van der Waals surface area contributed by atoms with Crippen LogP contribution in [0.25, 0.3) is 0 Å². The molecule has 1 saturated heterocycles. The molecule has 0 saturated carbocycles. The molecule has 1 amide bonds. The van der Waals surface area contributed by atoms with E-state index >= 15 is 0 Å². The maximum atomic E-state index is 13.7. The van der Waals surface area contributed by atoms with Gasteiger partial charge in [0.05, 0.1) is 0 Å². The summed E-state index contributed by atoms with van der Waals surface area (Å²) in [5.41, 5.74) is 0.139. The van der Waals surface area contributed by atoms with Gasteiger partial charge in [-0.3, -0.25) is 4.79 Å². The van der Waals surface area contributed by atoms with Crippen LogP contribution in [-0.4, -0.2) is 24.6 Å². The molecule has 20 heavy (non-hydrogen) atoms. The van der Waals surface area contributed by atoms with E-state index in [0.29, 0.717) is 0 Å². The number of amides is 1. The van der Waals surface area contributed by atoms with Crippen molar-refractivity contribution in [2.45, 2.75) is 18.9 Å². The number of alkyl halides is 2. The first-order valence-electron chi connectivity index (χ1n) is 5.48. The molecule has 2 rings (SSSR count). The summed E-state index contributed by atoms with van der Waals surface area (Å²) in [4.78, 5) is 21.9. The van der Waals surface area contributed by atoms with Crippen molar-refractivity contribution < 1.29 is 27.8 Å². The maximum Gasteiger partial charge on any atom is 0.408 e. The van der Waals surface area contributed by atoms with Crippen LogP contribution in [0.1, 0.15) is 18.5 Å². The number of rotatable bonds is 2. The van der Waals surface area contributed by atoms with Crippen LogP contribution in [0.5, 0.6) is 5.75 Å². The minimum atomic E-state index is -3.23. The van der Waals surface area contributed by atoms with E-state index in [4.69, 9.17) is 4.74 Å². The second-order valence-corrected chi connectivity index (χ2v) is 4.08. The highest BCUT2D eigenvalue weighted by Crippen LogP contribution is 2.35. The van der Waals surface area contributed by atoms with E-state index < -0.39 is 30.6 Å². The number of hydrogen-bond donors (Lipinski definition) is 1. The van der Waals surface area contributed by atoms with Gasteiger partial charge in [0, 0.05) is 6.92 Å². The summed E-state index contributed by atoms with van der Waals surface area (Å²) in [7, 11) is 0. The van der Waals surface area contributed by atoms with Gasteiger partial charge >= 0.3 is 18.0 Å². The summed E-state index contributed by atoms with van der Waals surface area (Å²) in [5, 5.41) is 2.05. The molecule has 0 spiro atoms. The Morgan fingerprint density at radius 2 is 2.20 bits per heavy atom. The Kier molecular flexibility index (Phi) is 4.88. The minimum Gasteiger partial charge on any atom is -0.443 e. The van der Waals surface area contributed by atoms with Gasteiger partial charge in [-0.25, -0.2) is 13.6 Å². The lowest BCUT2D eigenvalue weighted by molar-refractivity contribution is -0.131. The van der Waals surface area contributed by atoms with Crippen LogP contribution in [0.4, 0.5) is 13.6 Å². The Morgan fingerprint density at radius 3 is 2.85 bits per heavy atom. The molecular weight excluding hydrogens is 296 g/mol. The van der Waals surface area contributed by atoms with Gasteiger partial charge in [0.1, 0.15) is 11.8 Å². The number of benzene rings is 1. The highest BCUT2D eigenvalue weighted by molar-refractivity contribution is 5.85. The van der Waals surface area contributed by atoms with E-state index in [2.05, 4.69) is 10.1 Å². The third-order valence-corrected chi connectivity index (χ3v) is 2.53. The second kappa shape index (κ2) is 6.04. The molecule has 1 aliphatic heterocycles. The number of ether oxygens (including phenoxy) is 2. The number of nitrogens with one attached hydrogen (secondary N) is 1. The molecule has 0 bridgehead atoms. The Hall–Kier alpha value is -1.89. The lowest BCUT2D eigenvalue weighted by atomic mass is 10.00. The molecule has 1 aromatic carbocycles. The summed E-state index contributed by atoms with van der Waals surface area (Å²) in [5.74, 6) is -3.65. The molecule has 8 heteroatoms. The molecule has 1 N–H and O–H groups in total. The molecular formula is C12H12ClF2NO4. The number of cyclic esters (lactones) is 1. The summed E-state index contributed by atoms with van der Waals surface area (Å²) in [6.07, 6.45) is -0.909. The Labute approximate surface area is 119 Å². The number of carbonyl (C=O) groups excluding carboxylic acids is 2. The predicted molar refractivity (Wildman–Crippen MR) is 67.2 cm³/mol. The molecule has 1 aromatic rings. The standard InChI is InChI=1S/C12H11F2NO4.ClH/c1-7(16)19-9-4-2-3-8(5-9)10-12(13,14)6-18-11(17)15-10;/h2-5,10H,6H2,1H3,(H,15,17);1H/t10-;/m1./s1. The van der Waals surface area contributed by atoms with E-state index in [1.807, 2.05) is 0 Å². The summed E-state index contributed by atoms with van der Waals surface area (Å²) in [6.45, 7) is 0.221. The molecule has 0 unspecified atom stereocenters. The second-order valence-electron chi connectivity index (χ2n) is 4.08. The van der Waals surface area contributed by atoms with Crippen molar-refractivity contribution in [3.05, 3.63) is 29.8 Å². The summed E-state index contributed by atoms with van der Waals surface area (Å²) in [6, 6.07) is 4.11. The maximum absolute atomic E-state index is 13.7. The minimum absolute atomic E-state index is 0. The molecule has 1 aliphatic rings. The van der Waals surface area contributed by atoms with Crippen LogP contribution < -0.4 is 10.1 Å². The number of carbonyl (C=O) groups is 2. The lowest BCUT2D eigenvalue weighted by Gasteiger charge is -2.31. The van der Waals surface area contributed by atoms with Crippen molar-refractivity contribution in [3.8, 4) is 5.75 Å². The lowest BCUT2D eigenvalue weighted by Crippen LogP contribution is -2.49. The molecule has 110 valence electrons. The van der Waals surface area contributed by atoms with Gasteiger partial charge in [-0.1, -0.05) is 12.1 Å². The highest BCUT2D eigenvalue weighted by atomic mass is 35.5. The van der Waals surface area contributed by atoms with Crippen LogP contribution in [0.15, 0.2) is 24.3 Å². The van der Waals surface area contributed by atoms with Crippen molar-refractivity contribution >= 4 is 24.5 Å². The number of halogens is 3. The molecule has 5 nitrogen and oxygen atoms in total. The number of alkyl carbamates (subject to hydrolysis) is 1. The van der Waals surface area contributed by atoms with E-state index in [1.165, 1.54) is 31.2 Å². The van der Waals surface area contributed by atoms with Crippen LogP contribution in [0.3, 0.4) is 0 Å². The first kappa shape index (κ1) is 16.2. The third-order valence-electron chi connectivity index (χ3n) is 2.53. The Bertz CT molecular complexity index is 524. The SMILES string of the molecule is CC(=O)Oc1cccc([C@H]2NC(=O)OCC2(F)F)c1.Cl. The fraction of sp³-hybridized carbons (Fsp3) is 0.333.